The number of hydrogen-bond donors (Lipinski definition) is 1. The fourth-order valence-corrected chi connectivity index (χ4v) is 0.919. The zero-order valence-corrected chi connectivity index (χ0v) is 6.11. The van der Waals surface area contributed by atoms with E-state index in [2.05, 4.69) is 15.0 Å². The number of rotatable bonds is 1. The normalized spacial score (nSPS) is 9.58. The highest BCUT2D eigenvalue weighted by Crippen LogP contribution is 2.20. The summed E-state index contributed by atoms with van der Waals surface area (Å²) in [6.07, 6.45) is 1.57. The molecule has 2 rings (SSSR count). The van der Waals surface area contributed by atoms with Crippen LogP contribution >= 0.6 is 0 Å². The van der Waals surface area contributed by atoms with Crippen LogP contribution in [0, 0.1) is 6.57 Å². The smallest absolute Gasteiger partial charge is 0.250 e. The van der Waals surface area contributed by atoms with Crippen LogP contribution in [0.3, 0.4) is 0 Å². The van der Waals surface area contributed by atoms with Crippen LogP contribution in [0.25, 0.3) is 16.3 Å². The standard InChI is InChI=1S/C8H5N3O/c1-9-8-5-6(10-11-8)7-3-2-4-12-7/h2-5H,(H,10,11). The predicted molar refractivity (Wildman–Crippen MR) is 42.6 cm³/mol. The second-order valence-electron chi connectivity index (χ2n) is 2.23. The summed E-state index contributed by atoms with van der Waals surface area (Å²) in [6, 6.07) is 5.22. The van der Waals surface area contributed by atoms with Gasteiger partial charge in [-0.1, -0.05) is 6.57 Å². The fourth-order valence-electron chi connectivity index (χ4n) is 0.919. The Kier molecular flexibility index (Phi) is 1.42. The first-order valence-corrected chi connectivity index (χ1v) is 3.37. The Balaban J connectivity index is 2.44. The summed E-state index contributed by atoms with van der Waals surface area (Å²) in [5, 5.41) is 6.48. The Bertz CT molecular complexity index is 408. The molecule has 0 saturated carbocycles. The summed E-state index contributed by atoms with van der Waals surface area (Å²) >= 11 is 0. The molecule has 0 aliphatic rings. The minimum absolute atomic E-state index is 0.418. The van der Waals surface area contributed by atoms with Crippen LogP contribution < -0.4 is 0 Å². The number of nitrogens with zero attached hydrogens (tertiary/aromatic N) is 2. The molecule has 0 aliphatic carbocycles. The Labute approximate surface area is 68.6 Å². The lowest BCUT2D eigenvalue weighted by molar-refractivity contribution is 0.580. The molecular formula is C8H5N3O. The molecule has 2 aromatic heterocycles. The van der Waals surface area contributed by atoms with E-state index in [-0.39, 0.29) is 0 Å². The summed E-state index contributed by atoms with van der Waals surface area (Å²) in [4.78, 5) is 3.19. The van der Waals surface area contributed by atoms with Crippen molar-refractivity contribution < 1.29 is 4.42 Å². The molecule has 0 saturated heterocycles. The molecule has 0 unspecified atom stereocenters. The van der Waals surface area contributed by atoms with Gasteiger partial charge in [-0.2, -0.15) is 0 Å². The lowest BCUT2D eigenvalue weighted by atomic mass is 10.3. The SMILES string of the molecule is [C-]#[N+]c1cc(-c2ccco2)n[nH]1. The van der Waals surface area contributed by atoms with Crippen molar-refractivity contribution in [1.29, 1.82) is 0 Å². The maximum absolute atomic E-state index is 6.71. The van der Waals surface area contributed by atoms with Crippen LogP contribution in [0.5, 0.6) is 0 Å². The van der Waals surface area contributed by atoms with Crippen molar-refractivity contribution in [3.8, 4) is 11.5 Å². The topological polar surface area (TPSA) is 46.2 Å². The van der Waals surface area contributed by atoms with E-state index in [1.54, 1.807) is 24.5 Å². The zero-order chi connectivity index (χ0) is 8.39. The number of H-pyrrole nitrogens is 1. The van der Waals surface area contributed by atoms with Gasteiger partial charge in [-0.25, -0.2) is 5.10 Å². The minimum atomic E-state index is 0.418. The van der Waals surface area contributed by atoms with E-state index in [0.29, 0.717) is 17.3 Å². The van der Waals surface area contributed by atoms with Crippen molar-refractivity contribution in [1.82, 2.24) is 10.2 Å². The average molecular weight is 159 g/mol. The zero-order valence-electron chi connectivity index (χ0n) is 6.11. The highest BCUT2D eigenvalue weighted by atomic mass is 16.3. The summed E-state index contributed by atoms with van der Waals surface area (Å²) in [5.74, 6) is 1.09. The highest BCUT2D eigenvalue weighted by molar-refractivity contribution is 5.57. The van der Waals surface area contributed by atoms with Gasteiger partial charge in [-0.3, -0.25) is 0 Å². The van der Waals surface area contributed by atoms with Gasteiger partial charge in [0.05, 0.1) is 6.26 Å². The third kappa shape index (κ3) is 0.974. The average Bonchev–Trinajstić information content (AvgIpc) is 2.75. The van der Waals surface area contributed by atoms with Gasteiger partial charge < -0.3 is 9.26 Å². The van der Waals surface area contributed by atoms with Gasteiger partial charge in [0.1, 0.15) is 5.69 Å². The Morgan fingerprint density at radius 2 is 2.50 bits per heavy atom. The Morgan fingerprint density at radius 1 is 1.58 bits per heavy atom. The quantitative estimate of drug-likeness (QED) is 0.648. The number of aromatic nitrogens is 2. The van der Waals surface area contributed by atoms with Crippen LogP contribution in [0.1, 0.15) is 0 Å². The number of aromatic amines is 1. The lowest BCUT2D eigenvalue weighted by Crippen LogP contribution is -1.71. The van der Waals surface area contributed by atoms with Gasteiger partial charge in [0.15, 0.2) is 5.76 Å². The summed E-state index contributed by atoms with van der Waals surface area (Å²) in [6.45, 7) is 6.71. The molecule has 58 valence electrons. The third-order valence-corrected chi connectivity index (χ3v) is 1.46. The van der Waals surface area contributed by atoms with Gasteiger partial charge in [0.25, 0.3) is 5.82 Å². The number of nitrogens with one attached hydrogen (secondary N) is 1. The maximum atomic E-state index is 6.71. The first kappa shape index (κ1) is 6.68. The van der Waals surface area contributed by atoms with E-state index in [9.17, 15) is 0 Å². The van der Waals surface area contributed by atoms with Crippen molar-refractivity contribution >= 4 is 5.82 Å². The van der Waals surface area contributed by atoms with E-state index in [4.69, 9.17) is 11.0 Å². The molecule has 0 aliphatic heterocycles. The van der Waals surface area contributed by atoms with Crippen LogP contribution in [0.15, 0.2) is 28.9 Å². The molecule has 4 nitrogen and oxygen atoms in total. The molecule has 0 atom stereocenters. The summed E-state index contributed by atoms with van der Waals surface area (Å²) in [7, 11) is 0. The van der Waals surface area contributed by atoms with Crippen molar-refractivity contribution in [2.45, 2.75) is 0 Å². The molecule has 0 fully saturated rings. The molecule has 0 amide bonds. The molecule has 4 heteroatoms. The van der Waals surface area contributed by atoms with Crippen molar-refractivity contribution in [2.24, 2.45) is 0 Å². The molecule has 1 N–H and O–H groups in total. The summed E-state index contributed by atoms with van der Waals surface area (Å²) < 4.78 is 5.09. The Morgan fingerprint density at radius 3 is 3.08 bits per heavy atom. The van der Waals surface area contributed by atoms with Crippen LogP contribution in [0.2, 0.25) is 0 Å². The van der Waals surface area contributed by atoms with Crippen molar-refractivity contribution in [3.63, 3.8) is 0 Å². The van der Waals surface area contributed by atoms with E-state index < -0.39 is 0 Å². The van der Waals surface area contributed by atoms with Crippen LogP contribution in [-0.4, -0.2) is 10.2 Å². The molecule has 0 aromatic carbocycles. The highest BCUT2D eigenvalue weighted by Gasteiger charge is 2.05. The maximum Gasteiger partial charge on any atom is 0.250 e. The van der Waals surface area contributed by atoms with E-state index in [0.717, 1.165) is 0 Å². The third-order valence-electron chi connectivity index (χ3n) is 1.46. The first-order valence-electron chi connectivity index (χ1n) is 3.37. The molecule has 0 bridgehead atoms. The second-order valence-corrected chi connectivity index (χ2v) is 2.23. The number of hydrogen-bond acceptors (Lipinski definition) is 2. The van der Waals surface area contributed by atoms with Gasteiger partial charge in [-0.15, -0.1) is 5.10 Å². The Hall–Kier alpha value is -2.02. The first-order chi connectivity index (χ1) is 5.90. The molecule has 2 aromatic rings. The van der Waals surface area contributed by atoms with E-state index in [1.807, 2.05) is 0 Å². The molecule has 0 radical (unpaired) electrons. The second kappa shape index (κ2) is 2.55. The van der Waals surface area contributed by atoms with Crippen molar-refractivity contribution in [2.75, 3.05) is 0 Å². The van der Waals surface area contributed by atoms with Crippen molar-refractivity contribution in [3.05, 3.63) is 35.9 Å². The summed E-state index contributed by atoms with van der Waals surface area (Å²) in [5.41, 5.74) is 0.658. The lowest BCUT2D eigenvalue weighted by Gasteiger charge is -1.82. The largest absolute Gasteiger partial charge is 0.463 e. The molecule has 0 spiro atoms. The van der Waals surface area contributed by atoms with Gasteiger partial charge >= 0.3 is 0 Å². The van der Waals surface area contributed by atoms with E-state index >= 15 is 0 Å². The van der Waals surface area contributed by atoms with Crippen LogP contribution in [0.4, 0.5) is 5.82 Å². The monoisotopic (exact) mass is 159 g/mol. The van der Waals surface area contributed by atoms with E-state index in [1.165, 1.54) is 0 Å². The molecule has 2 heterocycles. The van der Waals surface area contributed by atoms with Crippen LogP contribution in [-0.2, 0) is 0 Å². The predicted octanol–water partition coefficient (Wildman–Crippen LogP) is 2.22. The minimum Gasteiger partial charge on any atom is -0.463 e. The molecule has 12 heavy (non-hydrogen) atoms. The van der Waals surface area contributed by atoms with Gasteiger partial charge in [0, 0.05) is 0 Å². The van der Waals surface area contributed by atoms with Gasteiger partial charge in [-0.05, 0) is 18.2 Å². The molecular weight excluding hydrogens is 154 g/mol. The van der Waals surface area contributed by atoms with Gasteiger partial charge in [0.2, 0.25) is 0 Å². The fraction of sp³-hybridized carbons (Fsp3) is 0. The number of furan rings is 1.